The third kappa shape index (κ3) is 9.87. The Kier molecular flexibility index (Phi) is 10.0. The lowest BCUT2D eigenvalue weighted by Gasteiger charge is -2.02. The van der Waals surface area contributed by atoms with Crippen molar-refractivity contribution in [3.63, 3.8) is 0 Å². The second kappa shape index (κ2) is 10.8. The average Bonchev–Trinajstić information content (AvgIpc) is 2.30. The number of unbranched alkanes of at least 4 members (excludes halogenated alkanes) is 7. The van der Waals surface area contributed by atoms with Crippen molar-refractivity contribution in [3.05, 3.63) is 11.6 Å². The number of rotatable bonds is 11. The lowest BCUT2D eigenvalue weighted by atomic mass is 10.0. The molecule has 0 heterocycles. The maximum atomic E-state index is 10.7. The highest BCUT2D eigenvalue weighted by Gasteiger charge is 2.08. The second-order valence-electron chi connectivity index (χ2n) is 4.54. The standard InChI is InChI=1S/C14H24O4/c1-2-3-4-5-6-7-8-9-10-12(14(17)18)11-13(15)16/h11H,2-10H2,1H3,(H,15,16)(H,17,18)/b12-11-. The van der Waals surface area contributed by atoms with Gasteiger partial charge in [0.1, 0.15) is 0 Å². The van der Waals surface area contributed by atoms with Gasteiger partial charge in [0, 0.05) is 11.6 Å². The number of carboxylic acid groups (broad SMARTS) is 2. The molecule has 0 unspecified atom stereocenters. The smallest absolute Gasteiger partial charge is 0.331 e. The highest BCUT2D eigenvalue weighted by Crippen LogP contribution is 2.13. The number of aliphatic carboxylic acids is 2. The predicted octanol–water partition coefficient (Wildman–Crippen LogP) is 3.61. The van der Waals surface area contributed by atoms with Gasteiger partial charge < -0.3 is 10.2 Å². The van der Waals surface area contributed by atoms with Gasteiger partial charge in [0.2, 0.25) is 0 Å². The van der Waals surface area contributed by atoms with Gasteiger partial charge in [-0.15, -0.1) is 0 Å². The molecule has 0 fully saturated rings. The van der Waals surface area contributed by atoms with Gasteiger partial charge in [-0.3, -0.25) is 0 Å². The molecule has 0 rings (SSSR count). The molecule has 0 amide bonds. The van der Waals surface area contributed by atoms with Gasteiger partial charge in [0.15, 0.2) is 0 Å². The van der Waals surface area contributed by atoms with E-state index in [0.29, 0.717) is 6.42 Å². The zero-order chi connectivity index (χ0) is 13.8. The molecule has 0 bridgehead atoms. The minimum absolute atomic E-state index is 0.00603. The molecule has 0 aromatic carbocycles. The van der Waals surface area contributed by atoms with Gasteiger partial charge in [-0.05, 0) is 12.8 Å². The van der Waals surface area contributed by atoms with Crippen LogP contribution in [0.25, 0.3) is 0 Å². The van der Waals surface area contributed by atoms with Crippen LogP contribution in [0.15, 0.2) is 11.6 Å². The van der Waals surface area contributed by atoms with Crippen LogP contribution in [0.3, 0.4) is 0 Å². The van der Waals surface area contributed by atoms with Crippen LogP contribution in [0.1, 0.15) is 64.7 Å². The van der Waals surface area contributed by atoms with Crippen molar-refractivity contribution < 1.29 is 19.8 Å². The summed E-state index contributed by atoms with van der Waals surface area (Å²) >= 11 is 0. The van der Waals surface area contributed by atoms with Crippen molar-refractivity contribution >= 4 is 11.9 Å². The zero-order valence-electron chi connectivity index (χ0n) is 11.2. The summed E-state index contributed by atoms with van der Waals surface area (Å²) in [5.41, 5.74) is -0.00603. The van der Waals surface area contributed by atoms with Crippen LogP contribution in [0.2, 0.25) is 0 Å². The van der Waals surface area contributed by atoms with Crippen LogP contribution < -0.4 is 0 Å². The molecule has 2 N–H and O–H groups in total. The average molecular weight is 256 g/mol. The minimum atomic E-state index is -1.19. The molecular weight excluding hydrogens is 232 g/mol. The quantitative estimate of drug-likeness (QED) is 0.437. The number of hydrogen-bond acceptors (Lipinski definition) is 2. The normalized spacial score (nSPS) is 11.5. The van der Waals surface area contributed by atoms with Crippen molar-refractivity contribution in [3.8, 4) is 0 Å². The predicted molar refractivity (Wildman–Crippen MR) is 70.6 cm³/mol. The molecule has 104 valence electrons. The molecule has 0 aromatic rings. The maximum Gasteiger partial charge on any atom is 0.331 e. The summed E-state index contributed by atoms with van der Waals surface area (Å²) in [5, 5.41) is 17.3. The van der Waals surface area contributed by atoms with E-state index in [2.05, 4.69) is 6.92 Å². The molecule has 0 aromatic heterocycles. The van der Waals surface area contributed by atoms with Gasteiger partial charge in [-0.2, -0.15) is 0 Å². The zero-order valence-corrected chi connectivity index (χ0v) is 11.2. The van der Waals surface area contributed by atoms with Crippen LogP contribution in [0.5, 0.6) is 0 Å². The third-order valence-electron chi connectivity index (χ3n) is 2.87. The number of carboxylic acids is 2. The Morgan fingerprint density at radius 2 is 1.39 bits per heavy atom. The fraction of sp³-hybridized carbons (Fsp3) is 0.714. The molecule has 0 aliphatic carbocycles. The van der Waals surface area contributed by atoms with Crippen molar-refractivity contribution in [1.29, 1.82) is 0 Å². The molecule has 0 atom stereocenters. The van der Waals surface area contributed by atoms with E-state index < -0.39 is 11.9 Å². The van der Waals surface area contributed by atoms with Gasteiger partial charge >= 0.3 is 11.9 Å². The second-order valence-corrected chi connectivity index (χ2v) is 4.54. The van der Waals surface area contributed by atoms with Gasteiger partial charge in [-0.1, -0.05) is 51.9 Å². The molecule has 0 saturated heterocycles. The molecule has 0 aliphatic rings. The molecular formula is C14H24O4. The molecule has 4 heteroatoms. The van der Waals surface area contributed by atoms with Crippen molar-refractivity contribution in [2.24, 2.45) is 0 Å². The highest BCUT2D eigenvalue weighted by atomic mass is 16.4. The molecule has 4 nitrogen and oxygen atoms in total. The van der Waals surface area contributed by atoms with Gasteiger partial charge in [-0.25, -0.2) is 9.59 Å². The lowest BCUT2D eigenvalue weighted by Crippen LogP contribution is -2.04. The molecule has 0 saturated carbocycles. The lowest BCUT2D eigenvalue weighted by molar-refractivity contribution is -0.135. The number of carbonyl (C=O) groups is 2. The Morgan fingerprint density at radius 1 is 0.889 bits per heavy atom. The fourth-order valence-electron chi connectivity index (χ4n) is 1.84. The first kappa shape index (κ1) is 16.7. The summed E-state index contributed by atoms with van der Waals surface area (Å²) in [5.74, 6) is -2.31. The first-order valence-corrected chi connectivity index (χ1v) is 6.74. The van der Waals surface area contributed by atoms with Crippen molar-refractivity contribution in [1.82, 2.24) is 0 Å². The van der Waals surface area contributed by atoms with Crippen LogP contribution in [-0.2, 0) is 9.59 Å². The summed E-state index contributed by atoms with van der Waals surface area (Å²) in [4.78, 5) is 21.2. The van der Waals surface area contributed by atoms with Crippen LogP contribution >= 0.6 is 0 Å². The van der Waals surface area contributed by atoms with Gasteiger partial charge in [0.05, 0.1) is 0 Å². The Labute approximate surface area is 109 Å². The molecule has 18 heavy (non-hydrogen) atoms. The van der Waals surface area contributed by atoms with E-state index >= 15 is 0 Å². The van der Waals surface area contributed by atoms with E-state index in [1.54, 1.807) is 0 Å². The molecule has 0 radical (unpaired) electrons. The Balaban J connectivity index is 3.63. The molecule has 0 spiro atoms. The summed E-state index contributed by atoms with van der Waals surface area (Å²) < 4.78 is 0. The van der Waals surface area contributed by atoms with E-state index in [1.165, 1.54) is 32.1 Å². The van der Waals surface area contributed by atoms with Crippen LogP contribution in [0, 0.1) is 0 Å². The monoisotopic (exact) mass is 256 g/mol. The van der Waals surface area contributed by atoms with Gasteiger partial charge in [0.25, 0.3) is 0 Å². The number of hydrogen-bond donors (Lipinski definition) is 2. The Hall–Kier alpha value is -1.32. The fourth-order valence-corrected chi connectivity index (χ4v) is 1.84. The third-order valence-corrected chi connectivity index (χ3v) is 2.87. The van der Waals surface area contributed by atoms with E-state index in [0.717, 1.165) is 25.3 Å². The Bertz CT molecular complexity index is 282. The first-order chi connectivity index (χ1) is 8.57. The van der Waals surface area contributed by atoms with Crippen LogP contribution in [0.4, 0.5) is 0 Å². The largest absolute Gasteiger partial charge is 0.478 e. The maximum absolute atomic E-state index is 10.7. The topological polar surface area (TPSA) is 74.6 Å². The van der Waals surface area contributed by atoms with E-state index in [-0.39, 0.29) is 5.57 Å². The summed E-state index contributed by atoms with van der Waals surface area (Å²) in [6.45, 7) is 2.18. The summed E-state index contributed by atoms with van der Waals surface area (Å²) in [6, 6.07) is 0. The van der Waals surface area contributed by atoms with E-state index in [4.69, 9.17) is 10.2 Å². The highest BCUT2D eigenvalue weighted by molar-refractivity contribution is 5.94. The first-order valence-electron chi connectivity index (χ1n) is 6.74. The van der Waals surface area contributed by atoms with Crippen molar-refractivity contribution in [2.75, 3.05) is 0 Å². The molecule has 0 aliphatic heterocycles. The van der Waals surface area contributed by atoms with Crippen LogP contribution in [-0.4, -0.2) is 22.2 Å². The van der Waals surface area contributed by atoms with Crippen molar-refractivity contribution in [2.45, 2.75) is 64.7 Å². The minimum Gasteiger partial charge on any atom is -0.478 e. The Morgan fingerprint density at radius 3 is 1.83 bits per heavy atom. The summed E-state index contributed by atoms with van der Waals surface area (Å²) in [7, 11) is 0. The van der Waals surface area contributed by atoms with E-state index in [9.17, 15) is 9.59 Å². The van der Waals surface area contributed by atoms with E-state index in [1.807, 2.05) is 0 Å². The SMILES string of the molecule is CCCCCCCCCC/C(=C/C(=O)O)C(=O)O. The summed E-state index contributed by atoms with van der Waals surface area (Å²) in [6.07, 6.45) is 10.2.